The van der Waals surface area contributed by atoms with Crippen LogP contribution in [0.25, 0.3) is 0 Å². The number of nitrogens with one attached hydrogen (secondary N) is 2. The summed E-state index contributed by atoms with van der Waals surface area (Å²) < 4.78 is 0. The monoisotopic (exact) mass is 311 g/mol. The Morgan fingerprint density at radius 2 is 2.14 bits per heavy atom. The Hall–Kier alpha value is -1.40. The van der Waals surface area contributed by atoms with Crippen molar-refractivity contribution in [2.45, 2.75) is 26.2 Å². The summed E-state index contributed by atoms with van der Waals surface area (Å²) in [6.45, 7) is 6.37. The number of carbonyl (C=O) groups is 1. The van der Waals surface area contributed by atoms with Crippen molar-refractivity contribution in [3.8, 4) is 0 Å². The standard InChI is InChI=1S/C14H22ClN5O/c1-2-20-7-4-11(5-8-20)3-6-16-14(21)19-13-10-17-12(15)9-18-13/h9-11H,2-8H2,1H3,(H2,16,18,19,21). The van der Waals surface area contributed by atoms with Crippen molar-refractivity contribution in [3.05, 3.63) is 17.5 Å². The van der Waals surface area contributed by atoms with Crippen molar-refractivity contribution in [3.63, 3.8) is 0 Å². The zero-order valence-electron chi connectivity index (χ0n) is 12.3. The first kappa shape index (κ1) is 16.0. The zero-order chi connectivity index (χ0) is 15.1. The third-order valence-electron chi connectivity index (χ3n) is 3.85. The summed E-state index contributed by atoms with van der Waals surface area (Å²) in [5, 5.41) is 5.79. The van der Waals surface area contributed by atoms with Crippen LogP contribution in [0.5, 0.6) is 0 Å². The van der Waals surface area contributed by atoms with Gasteiger partial charge in [0.25, 0.3) is 0 Å². The average Bonchev–Trinajstić information content (AvgIpc) is 2.50. The number of aromatic nitrogens is 2. The number of piperidine rings is 1. The minimum atomic E-state index is -0.252. The predicted molar refractivity (Wildman–Crippen MR) is 83.5 cm³/mol. The van der Waals surface area contributed by atoms with Crippen LogP contribution in [0.4, 0.5) is 10.6 Å². The van der Waals surface area contributed by atoms with E-state index in [4.69, 9.17) is 11.6 Å². The number of hydrogen-bond acceptors (Lipinski definition) is 4. The first-order valence-electron chi connectivity index (χ1n) is 7.42. The second-order valence-electron chi connectivity index (χ2n) is 5.27. The first-order valence-corrected chi connectivity index (χ1v) is 7.80. The van der Waals surface area contributed by atoms with Crippen LogP contribution in [0.3, 0.4) is 0 Å². The highest BCUT2D eigenvalue weighted by Crippen LogP contribution is 2.19. The Morgan fingerprint density at radius 3 is 2.76 bits per heavy atom. The van der Waals surface area contributed by atoms with Crippen LogP contribution in [0.15, 0.2) is 12.4 Å². The summed E-state index contributed by atoms with van der Waals surface area (Å²) in [6.07, 6.45) is 6.30. The molecule has 2 rings (SSSR count). The van der Waals surface area contributed by atoms with E-state index in [-0.39, 0.29) is 6.03 Å². The molecule has 2 amide bonds. The molecule has 6 nitrogen and oxygen atoms in total. The van der Waals surface area contributed by atoms with Gasteiger partial charge in [-0.25, -0.2) is 14.8 Å². The number of rotatable bonds is 5. The van der Waals surface area contributed by atoms with Crippen molar-refractivity contribution in [1.29, 1.82) is 0 Å². The minimum absolute atomic E-state index is 0.252. The van der Waals surface area contributed by atoms with Gasteiger partial charge in [-0.15, -0.1) is 0 Å². The number of halogens is 1. The normalized spacial score (nSPS) is 16.7. The van der Waals surface area contributed by atoms with Crippen molar-refractivity contribution >= 4 is 23.4 Å². The number of urea groups is 1. The Balaban J connectivity index is 1.62. The Morgan fingerprint density at radius 1 is 1.38 bits per heavy atom. The van der Waals surface area contributed by atoms with E-state index >= 15 is 0 Å². The van der Waals surface area contributed by atoms with Crippen LogP contribution >= 0.6 is 11.6 Å². The molecule has 1 aromatic heterocycles. The molecule has 2 heterocycles. The summed E-state index contributed by atoms with van der Waals surface area (Å²) >= 11 is 5.63. The van der Waals surface area contributed by atoms with Crippen molar-refractivity contribution in [2.75, 3.05) is 31.5 Å². The highest BCUT2D eigenvalue weighted by atomic mass is 35.5. The van der Waals surface area contributed by atoms with Gasteiger partial charge in [0.15, 0.2) is 5.82 Å². The fourth-order valence-electron chi connectivity index (χ4n) is 2.52. The summed E-state index contributed by atoms with van der Waals surface area (Å²) in [4.78, 5) is 22.0. The molecule has 0 aliphatic carbocycles. The second-order valence-corrected chi connectivity index (χ2v) is 5.66. The van der Waals surface area contributed by atoms with Crippen LogP contribution in [0.2, 0.25) is 5.15 Å². The summed E-state index contributed by atoms with van der Waals surface area (Å²) in [5.74, 6) is 1.11. The molecule has 1 aromatic rings. The van der Waals surface area contributed by atoms with E-state index in [9.17, 15) is 4.79 Å². The molecule has 0 unspecified atom stereocenters. The minimum Gasteiger partial charge on any atom is -0.338 e. The lowest BCUT2D eigenvalue weighted by atomic mass is 9.93. The van der Waals surface area contributed by atoms with Crippen LogP contribution in [0.1, 0.15) is 26.2 Å². The van der Waals surface area contributed by atoms with Crippen LogP contribution in [-0.2, 0) is 0 Å². The molecule has 0 spiro atoms. The first-order chi connectivity index (χ1) is 10.2. The van der Waals surface area contributed by atoms with Gasteiger partial charge in [-0.1, -0.05) is 18.5 Å². The number of likely N-dealkylation sites (tertiary alicyclic amines) is 1. The molecular weight excluding hydrogens is 290 g/mol. The molecule has 0 atom stereocenters. The van der Waals surface area contributed by atoms with Crippen LogP contribution in [0, 0.1) is 5.92 Å². The summed E-state index contributed by atoms with van der Waals surface area (Å²) in [7, 11) is 0. The Bertz CT molecular complexity index is 445. The molecule has 1 fully saturated rings. The maximum Gasteiger partial charge on any atom is 0.320 e. The molecule has 2 N–H and O–H groups in total. The Kier molecular flexibility index (Phi) is 6.20. The summed E-state index contributed by atoms with van der Waals surface area (Å²) in [6, 6.07) is -0.252. The van der Waals surface area contributed by atoms with Gasteiger partial charge in [0.2, 0.25) is 0 Å². The fourth-order valence-corrected chi connectivity index (χ4v) is 2.62. The van der Waals surface area contributed by atoms with Gasteiger partial charge in [-0.2, -0.15) is 0 Å². The van der Waals surface area contributed by atoms with E-state index in [1.807, 2.05) is 0 Å². The molecule has 7 heteroatoms. The van der Waals surface area contributed by atoms with E-state index in [2.05, 4.69) is 32.4 Å². The van der Waals surface area contributed by atoms with Gasteiger partial charge in [0.05, 0.1) is 12.4 Å². The predicted octanol–water partition coefficient (Wildman–Crippen LogP) is 2.37. The second kappa shape index (κ2) is 8.14. The van der Waals surface area contributed by atoms with Crippen molar-refractivity contribution in [1.82, 2.24) is 20.2 Å². The maximum absolute atomic E-state index is 11.7. The molecular formula is C14H22ClN5O. The van der Waals surface area contributed by atoms with Crippen molar-refractivity contribution < 1.29 is 4.79 Å². The van der Waals surface area contributed by atoms with E-state index in [1.165, 1.54) is 38.3 Å². The molecule has 0 radical (unpaired) electrons. The number of carbonyl (C=O) groups excluding carboxylic acids is 1. The van der Waals surface area contributed by atoms with Crippen LogP contribution < -0.4 is 10.6 Å². The van der Waals surface area contributed by atoms with Gasteiger partial charge in [0, 0.05) is 6.54 Å². The lowest BCUT2D eigenvalue weighted by Gasteiger charge is -2.30. The highest BCUT2D eigenvalue weighted by Gasteiger charge is 2.17. The fraction of sp³-hybridized carbons (Fsp3) is 0.643. The molecule has 0 bridgehead atoms. The number of nitrogens with zero attached hydrogens (tertiary/aromatic N) is 3. The van der Waals surface area contributed by atoms with Gasteiger partial charge in [-0.3, -0.25) is 5.32 Å². The highest BCUT2D eigenvalue weighted by molar-refractivity contribution is 6.29. The topological polar surface area (TPSA) is 70.2 Å². The molecule has 1 saturated heterocycles. The third-order valence-corrected chi connectivity index (χ3v) is 4.05. The lowest BCUT2D eigenvalue weighted by Crippen LogP contribution is -2.35. The number of hydrogen-bond donors (Lipinski definition) is 2. The van der Waals surface area contributed by atoms with Gasteiger partial charge in [0.1, 0.15) is 5.15 Å². The quantitative estimate of drug-likeness (QED) is 0.876. The SMILES string of the molecule is CCN1CCC(CCNC(=O)Nc2cnc(Cl)cn2)CC1. The maximum atomic E-state index is 11.7. The summed E-state index contributed by atoms with van der Waals surface area (Å²) in [5.41, 5.74) is 0. The Labute approximate surface area is 130 Å². The van der Waals surface area contributed by atoms with Gasteiger partial charge >= 0.3 is 6.03 Å². The molecule has 116 valence electrons. The van der Waals surface area contributed by atoms with E-state index in [0.717, 1.165) is 13.0 Å². The lowest BCUT2D eigenvalue weighted by molar-refractivity contribution is 0.186. The average molecular weight is 312 g/mol. The molecule has 1 aliphatic rings. The van der Waals surface area contributed by atoms with Crippen molar-refractivity contribution in [2.24, 2.45) is 5.92 Å². The smallest absolute Gasteiger partial charge is 0.320 e. The van der Waals surface area contributed by atoms with Gasteiger partial charge in [-0.05, 0) is 44.8 Å². The molecule has 0 aromatic carbocycles. The van der Waals surface area contributed by atoms with E-state index in [0.29, 0.717) is 23.4 Å². The molecule has 1 aliphatic heterocycles. The molecule has 21 heavy (non-hydrogen) atoms. The molecule has 0 saturated carbocycles. The largest absolute Gasteiger partial charge is 0.338 e. The third kappa shape index (κ3) is 5.47. The van der Waals surface area contributed by atoms with E-state index < -0.39 is 0 Å². The van der Waals surface area contributed by atoms with Gasteiger partial charge < -0.3 is 10.2 Å². The number of amides is 2. The zero-order valence-corrected chi connectivity index (χ0v) is 13.1. The van der Waals surface area contributed by atoms with E-state index in [1.54, 1.807) is 0 Å². The van der Waals surface area contributed by atoms with Crippen LogP contribution in [-0.4, -0.2) is 47.1 Å². The number of anilines is 1.